The van der Waals surface area contributed by atoms with Gasteiger partial charge in [0.2, 0.25) is 0 Å². The highest BCUT2D eigenvalue weighted by molar-refractivity contribution is 5.48. The number of rotatable bonds is 2. The highest BCUT2D eigenvalue weighted by atomic mass is 15.3. The number of anilines is 1. The van der Waals surface area contributed by atoms with Gasteiger partial charge in [0.25, 0.3) is 0 Å². The van der Waals surface area contributed by atoms with Crippen molar-refractivity contribution in [2.75, 3.05) is 11.4 Å². The number of nitrogens with two attached hydrogens (primary N) is 1. The van der Waals surface area contributed by atoms with Gasteiger partial charge >= 0.3 is 0 Å². The number of hydrogen-bond acceptors (Lipinski definition) is 4. The lowest BCUT2D eigenvalue weighted by atomic mass is 10.1. The van der Waals surface area contributed by atoms with Gasteiger partial charge in [0, 0.05) is 43.3 Å². The van der Waals surface area contributed by atoms with Gasteiger partial charge in [0.15, 0.2) is 0 Å². The summed E-state index contributed by atoms with van der Waals surface area (Å²) in [6.45, 7) is 4.68. The predicted octanol–water partition coefficient (Wildman–Crippen LogP) is 1.32. The zero-order valence-electron chi connectivity index (χ0n) is 10.5. The highest BCUT2D eigenvalue weighted by Crippen LogP contribution is 2.25. The lowest BCUT2D eigenvalue weighted by molar-refractivity contribution is 0.553. The summed E-state index contributed by atoms with van der Waals surface area (Å²) in [7, 11) is 0. The fraction of sp³-hybridized carbons (Fsp3) is 0.385. The molecule has 94 valence electrons. The zero-order chi connectivity index (χ0) is 12.5. The number of hydrogen-bond donors (Lipinski definition) is 1. The maximum absolute atomic E-state index is 6.01. The van der Waals surface area contributed by atoms with E-state index in [0.29, 0.717) is 0 Å². The van der Waals surface area contributed by atoms with Crippen LogP contribution in [0.4, 0.5) is 5.82 Å². The number of fused-ring (bicyclic) bond motifs is 1. The molecule has 0 saturated carbocycles. The summed E-state index contributed by atoms with van der Waals surface area (Å²) in [4.78, 5) is 11.1. The molecule has 0 spiro atoms. The van der Waals surface area contributed by atoms with Crippen molar-refractivity contribution in [3.63, 3.8) is 0 Å². The van der Waals surface area contributed by atoms with E-state index in [1.165, 1.54) is 0 Å². The summed E-state index contributed by atoms with van der Waals surface area (Å²) in [5.74, 6) is 2.07. The van der Waals surface area contributed by atoms with Crippen LogP contribution in [0.25, 0.3) is 0 Å². The molecule has 0 aromatic carbocycles. The van der Waals surface area contributed by atoms with Gasteiger partial charge < -0.3 is 15.2 Å². The summed E-state index contributed by atoms with van der Waals surface area (Å²) in [6.07, 6.45) is 5.70. The van der Waals surface area contributed by atoms with Gasteiger partial charge in [-0.15, -0.1) is 0 Å². The van der Waals surface area contributed by atoms with Crippen LogP contribution < -0.4 is 10.6 Å². The van der Waals surface area contributed by atoms with Gasteiger partial charge in [-0.2, -0.15) is 0 Å². The number of aromatic nitrogens is 3. The van der Waals surface area contributed by atoms with Crippen LogP contribution in [0, 0.1) is 0 Å². The molecule has 0 fully saturated rings. The first-order valence-electron chi connectivity index (χ1n) is 6.21. The normalized spacial score (nSPS) is 16.4. The van der Waals surface area contributed by atoms with E-state index in [0.717, 1.165) is 36.8 Å². The largest absolute Gasteiger partial charge is 0.347 e. The second-order valence-electron chi connectivity index (χ2n) is 4.66. The number of pyridine rings is 1. The fourth-order valence-electron chi connectivity index (χ4n) is 2.38. The smallest absolute Gasteiger partial charge is 0.133 e. The van der Waals surface area contributed by atoms with Crippen LogP contribution >= 0.6 is 0 Å². The van der Waals surface area contributed by atoms with Crippen molar-refractivity contribution >= 4 is 5.82 Å². The van der Waals surface area contributed by atoms with Crippen molar-refractivity contribution in [3.8, 4) is 0 Å². The second kappa shape index (κ2) is 4.42. The molecule has 18 heavy (non-hydrogen) atoms. The third-order valence-electron chi connectivity index (χ3n) is 3.35. The molecule has 0 bridgehead atoms. The second-order valence-corrected chi connectivity index (χ2v) is 4.66. The third kappa shape index (κ3) is 1.86. The van der Waals surface area contributed by atoms with Crippen molar-refractivity contribution in [1.82, 2.24) is 14.5 Å². The Morgan fingerprint density at radius 2 is 2.17 bits per heavy atom. The van der Waals surface area contributed by atoms with Crippen LogP contribution in [0.2, 0.25) is 0 Å². The van der Waals surface area contributed by atoms with Crippen molar-refractivity contribution in [2.45, 2.75) is 26.1 Å². The van der Waals surface area contributed by atoms with Gasteiger partial charge in [0.05, 0.1) is 6.54 Å². The molecule has 5 heteroatoms. The standard InChI is InChI=1S/C13H17N5/c1-10(14)11-3-2-4-16-13(11)18-8-7-17-6-5-15-12(17)9-18/h2-6,10H,7-9,14H2,1H3/t10-/m1/s1. The van der Waals surface area contributed by atoms with E-state index in [1.54, 1.807) is 0 Å². The van der Waals surface area contributed by atoms with Crippen LogP contribution in [0.5, 0.6) is 0 Å². The Balaban J connectivity index is 1.93. The molecule has 3 rings (SSSR count). The molecule has 0 unspecified atom stereocenters. The van der Waals surface area contributed by atoms with Crippen molar-refractivity contribution < 1.29 is 0 Å². The first kappa shape index (κ1) is 11.2. The van der Waals surface area contributed by atoms with Crippen LogP contribution in [0.15, 0.2) is 30.7 Å². The molecule has 0 radical (unpaired) electrons. The lowest BCUT2D eigenvalue weighted by Crippen LogP contribution is -2.35. The third-order valence-corrected chi connectivity index (χ3v) is 3.35. The highest BCUT2D eigenvalue weighted by Gasteiger charge is 2.20. The first-order valence-corrected chi connectivity index (χ1v) is 6.21. The molecular formula is C13H17N5. The van der Waals surface area contributed by atoms with E-state index >= 15 is 0 Å². The minimum atomic E-state index is -0.00429. The van der Waals surface area contributed by atoms with E-state index in [1.807, 2.05) is 37.6 Å². The predicted molar refractivity (Wildman–Crippen MR) is 70.1 cm³/mol. The molecule has 0 saturated heterocycles. The van der Waals surface area contributed by atoms with Crippen molar-refractivity contribution in [1.29, 1.82) is 0 Å². The molecule has 2 N–H and O–H groups in total. The van der Waals surface area contributed by atoms with Crippen LogP contribution in [-0.4, -0.2) is 21.1 Å². The summed E-state index contributed by atoms with van der Waals surface area (Å²) in [5, 5.41) is 0. The van der Waals surface area contributed by atoms with Crippen LogP contribution in [-0.2, 0) is 13.1 Å². The van der Waals surface area contributed by atoms with Crippen LogP contribution in [0.3, 0.4) is 0 Å². The van der Waals surface area contributed by atoms with E-state index < -0.39 is 0 Å². The van der Waals surface area contributed by atoms with Gasteiger partial charge in [-0.05, 0) is 13.0 Å². The lowest BCUT2D eigenvalue weighted by Gasteiger charge is -2.30. The molecular weight excluding hydrogens is 226 g/mol. The molecule has 3 heterocycles. The number of imidazole rings is 1. The summed E-state index contributed by atoms with van der Waals surface area (Å²) >= 11 is 0. The van der Waals surface area contributed by atoms with Gasteiger partial charge in [-0.25, -0.2) is 9.97 Å². The molecule has 0 aliphatic carbocycles. The first-order chi connectivity index (χ1) is 8.75. The van der Waals surface area contributed by atoms with Gasteiger partial charge in [-0.1, -0.05) is 6.07 Å². The van der Waals surface area contributed by atoms with Gasteiger partial charge in [0.1, 0.15) is 11.6 Å². The Morgan fingerprint density at radius 3 is 3.00 bits per heavy atom. The molecule has 1 aliphatic rings. The van der Waals surface area contributed by atoms with E-state index in [-0.39, 0.29) is 6.04 Å². The maximum Gasteiger partial charge on any atom is 0.133 e. The topological polar surface area (TPSA) is 60.0 Å². The molecule has 2 aromatic heterocycles. The Kier molecular flexibility index (Phi) is 2.76. The van der Waals surface area contributed by atoms with Crippen molar-refractivity contribution in [3.05, 3.63) is 42.1 Å². The summed E-state index contributed by atoms with van der Waals surface area (Å²) < 4.78 is 2.19. The van der Waals surface area contributed by atoms with E-state index in [2.05, 4.69) is 19.4 Å². The van der Waals surface area contributed by atoms with E-state index in [9.17, 15) is 0 Å². The molecule has 5 nitrogen and oxygen atoms in total. The Morgan fingerprint density at radius 1 is 1.28 bits per heavy atom. The van der Waals surface area contributed by atoms with Crippen molar-refractivity contribution in [2.24, 2.45) is 5.73 Å². The summed E-state index contributed by atoms with van der Waals surface area (Å²) in [5.41, 5.74) is 7.10. The molecule has 0 amide bonds. The Labute approximate surface area is 106 Å². The quantitative estimate of drug-likeness (QED) is 0.864. The maximum atomic E-state index is 6.01. The average molecular weight is 243 g/mol. The average Bonchev–Trinajstić information content (AvgIpc) is 2.85. The minimum absolute atomic E-state index is 0.00429. The fourth-order valence-corrected chi connectivity index (χ4v) is 2.38. The minimum Gasteiger partial charge on any atom is -0.347 e. The number of nitrogens with zero attached hydrogens (tertiary/aromatic N) is 4. The molecule has 1 aliphatic heterocycles. The van der Waals surface area contributed by atoms with Crippen LogP contribution in [0.1, 0.15) is 24.4 Å². The SMILES string of the molecule is C[C@@H](N)c1cccnc1N1CCn2ccnc2C1. The molecule has 2 aromatic rings. The summed E-state index contributed by atoms with van der Waals surface area (Å²) in [6, 6.07) is 3.98. The Hall–Kier alpha value is -1.88. The Bertz CT molecular complexity index is 546. The zero-order valence-corrected chi connectivity index (χ0v) is 10.5. The van der Waals surface area contributed by atoms with Gasteiger partial charge in [-0.3, -0.25) is 0 Å². The molecule has 1 atom stereocenters. The monoisotopic (exact) mass is 243 g/mol. The van der Waals surface area contributed by atoms with E-state index in [4.69, 9.17) is 5.73 Å².